The smallest absolute Gasteiger partial charge is 0.299 e. The largest absolute Gasteiger partial charge is 0.309 e. The highest BCUT2D eigenvalue weighted by molar-refractivity contribution is 6.47. The number of para-hydroxylation sites is 1. The van der Waals surface area contributed by atoms with Gasteiger partial charge in [-0.1, -0.05) is 48.5 Å². The van der Waals surface area contributed by atoms with E-state index in [4.69, 9.17) is 0 Å². The molecule has 0 N–H and O–H groups in total. The molecule has 0 aliphatic heterocycles. The molecular formula is C15H13NO2. The Morgan fingerprint density at radius 1 is 0.833 bits per heavy atom. The predicted octanol–water partition coefficient (Wildman–Crippen LogP) is 2.53. The second-order valence-corrected chi connectivity index (χ2v) is 3.89. The molecule has 0 saturated heterocycles. The van der Waals surface area contributed by atoms with Crippen molar-refractivity contribution < 1.29 is 9.59 Å². The zero-order valence-corrected chi connectivity index (χ0v) is 10.0. The standard InChI is InChI=1S/C15H13NO2/c1-16(13-10-6-3-7-11-13)15(18)14(17)12-8-4-2-5-9-12/h2-11H,1H3. The van der Waals surface area contributed by atoms with E-state index in [0.717, 1.165) is 0 Å². The van der Waals surface area contributed by atoms with Crippen molar-refractivity contribution in [2.45, 2.75) is 0 Å². The minimum Gasteiger partial charge on any atom is -0.309 e. The molecule has 0 saturated carbocycles. The normalized spacial score (nSPS) is 9.83. The van der Waals surface area contributed by atoms with E-state index in [0.29, 0.717) is 11.3 Å². The van der Waals surface area contributed by atoms with Gasteiger partial charge >= 0.3 is 0 Å². The Morgan fingerprint density at radius 2 is 1.33 bits per heavy atom. The van der Waals surface area contributed by atoms with Crippen LogP contribution in [-0.4, -0.2) is 18.7 Å². The third kappa shape index (κ3) is 2.46. The SMILES string of the molecule is CN(C(=O)C(=O)c1ccccc1)c1ccccc1. The Hall–Kier alpha value is -2.42. The van der Waals surface area contributed by atoms with E-state index < -0.39 is 11.7 Å². The number of hydrogen-bond acceptors (Lipinski definition) is 2. The van der Waals surface area contributed by atoms with Crippen molar-refractivity contribution in [3.63, 3.8) is 0 Å². The number of nitrogens with zero attached hydrogens (tertiary/aromatic N) is 1. The van der Waals surface area contributed by atoms with E-state index in [1.54, 1.807) is 43.4 Å². The first-order valence-electron chi connectivity index (χ1n) is 5.62. The summed E-state index contributed by atoms with van der Waals surface area (Å²) in [6.45, 7) is 0. The van der Waals surface area contributed by atoms with Gasteiger partial charge < -0.3 is 4.90 Å². The molecule has 0 radical (unpaired) electrons. The summed E-state index contributed by atoms with van der Waals surface area (Å²) in [7, 11) is 1.60. The molecule has 0 spiro atoms. The maximum Gasteiger partial charge on any atom is 0.299 e. The van der Waals surface area contributed by atoms with Gasteiger partial charge in [-0.2, -0.15) is 0 Å². The number of ketones is 1. The van der Waals surface area contributed by atoms with Crippen LogP contribution in [0.1, 0.15) is 10.4 Å². The average molecular weight is 239 g/mol. The molecule has 1 amide bonds. The number of carbonyl (C=O) groups is 2. The minimum absolute atomic E-state index is 0.408. The molecule has 0 heterocycles. The maximum absolute atomic E-state index is 12.0. The van der Waals surface area contributed by atoms with Crippen molar-refractivity contribution in [2.75, 3.05) is 11.9 Å². The molecule has 3 nitrogen and oxygen atoms in total. The Labute approximate surface area is 106 Å². The van der Waals surface area contributed by atoms with Gasteiger partial charge in [0.2, 0.25) is 0 Å². The third-order valence-electron chi connectivity index (χ3n) is 2.68. The van der Waals surface area contributed by atoms with Crippen molar-refractivity contribution in [3.8, 4) is 0 Å². The molecule has 90 valence electrons. The number of amides is 1. The zero-order valence-electron chi connectivity index (χ0n) is 10.0. The molecule has 0 aliphatic carbocycles. The molecule has 2 aromatic rings. The van der Waals surface area contributed by atoms with Crippen LogP contribution >= 0.6 is 0 Å². The summed E-state index contributed by atoms with van der Waals surface area (Å²) in [5.74, 6) is -1.03. The maximum atomic E-state index is 12.0. The van der Waals surface area contributed by atoms with Crippen LogP contribution in [0, 0.1) is 0 Å². The Morgan fingerprint density at radius 3 is 1.89 bits per heavy atom. The molecule has 3 heteroatoms. The monoisotopic (exact) mass is 239 g/mol. The van der Waals surface area contributed by atoms with Gasteiger partial charge in [-0.05, 0) is 12.1 Å². The van der Waals surface area contributed by atoms with Crippen LogP contribution in [0.4, 0.5) is 5.69 Å². The molecule has 0 unspecified atom stereocenters. The Kier molecular flexibility index (Phi) is 3.53. The number of carbonyl (C=O) groups excluding carboxylic acids is 2. The van der Waals surface area contributed by atoms with Gasteiger partial charge in [0, 0.05) is 18.3 Å². The number of anilines is 1. The van der Waals surface area contributed by atoms with Gasteiger partial charge in [0.25, 0.3) is 11.7 Å². The first kappa shape index (κ1) is 12.0. The zero-order chi connectivity index (χ0) is 13.0. The lowest BCUT2D eigenvalue weighted by Crippen LogP contribution is -2.33. The Balaban J connectivity index is 2.20. The fraction of sp³-hybridized carbons (Fsp3) is 0.0667. The van der Waals surface area contributed by atoms with Crippen LogP contribution in [0.15, 0.2) is 60.7 Å². The molecular weight excluding hydrogens is 226 g/mol. The second kappa shape index (κ2) is 5.27. The highest BCUT2D eigenvalue weighted by Gasteiger charge is 2.20. The lowest BCUT2D eigenvalue weighted by molar-refractivity contribution is -0.114. The summed E-state index contributed by atoms with van der Waals surface area (Å²) >= 11 is 0. The Bertz CT molecular complexity index is 549. The highest BCUT2D eigenvalue weighted by atomic mass is 16.2. The van der Waals surface area contributed by atoms with Gasteiger partial charge in [-0.15, -0.1) is 0 Å². The van der Waals surface area contributed by atoms with E-state index in [1.807, 2.05) is 24.3 Å². The number of likely N-dealkylation sites (N-methyl/N-ethyl adjacent to an activating group) is 1. The van der Waals surface area contributed by atoms with E-state index >= 15 is 0 Å². The van der Waals surface area contributed by atoms with Crippen LogP contribution in [-0.2, 0) is 4.79 Å². The van der Waals surface area contributed by atoms with E-state index in [-0.39, 0.29) is 0 Å². The quantitative estimate of drug-likeness (QED) is 0.609. The lowest BCUT2D eigenvalue weighted by atomic mass is 10.1. The summed E-state index contributed by atoms with van der Waals surface area (Å²) in [5, 5.41) is 0. The first-order valence-corrected chi connectivity index (χ1v) is 5.62. The molecule has 0 atom stereocenters. The summed E-state index contributed by atoms with van der Waals surface area (Å²) in [4.78, 5) is 25.3. The van der Waals surface area contributed by atoms with E-state index in [2.05, 4.69) is 0 Å². The molecule has 2 aromatic carbocycles. The van der Waals surface area contributed by atoms with Gasteiger partial charge in [0.05, 0.1) is 0 Å². The van der Waals surface area contributed by atoms with Crippen LogP contribution in [0.2, 0.25) is 0 Å². The van der Waals surface area contributed by atoms with Crippen LogP contribution < -0.4 is 4.90 Å². The number of hydrogen-bond donors (Lipinski definition) is 0. The van der Waals surface area contributed by atoms with Gasteiger partial charge in [-0.3, -0.25) is 9.59 Å². The fourth-order valence-electron chi connectivity index (χ4n) is 1.63. The van der Waals surface area contributed by atoms with E-state index in [9.17, 15) is 9.59 Å². The highest BCUT2D eigenvalue weighted by Crippen LogP contribution is 2.13. The molecule has 2 rings (SSSR count). The summed E-state index contributed by atoms with van der Waals surface area (Å²) < 4.78 is 0. The van der Waals surface area contributed by atoms with Crippen LogP contribution in [0.25, 0.3) is 0 Å². The molecule has 0 aromatic heterocycles. The molecule has 18 heavy (non-hydrogen) atoms. The van der Waals surface area contributed by atoms with Gasteiger partial charge in [-0.25, -0.2) is 0 Å². The van der Waals surface area contributed by atoms with E-state index in [1.165, 1.54) is 4.90 Å². The summed E-state index contributed by atoms with van der Waals surface area (Å²) in [5.41, 5.74) is 1.11. The summed E-state index contributed by atoms with van der Waals surface area (Å²) in [6, 6.07) is 17.7. The van der Waals surface area contributed by atoms with Gasteiger partial charge in [0.15, 0.2) is 0 Å². The number of Topliss-reactive ketones (excluding diaryl/α,β-unsaturated/α-hetero) is 1. The third-order valence-corrected chi connectivity index (χ3v) is 2.68. The van der Waals surface area contributed by atoms with Crippen LogP contribution in [0.3, 0.4) is 0 Å². The van der Waals surface area contributed by atoms with Crippen molar-refractivity contribution in [3.05, 3.63) is 66.2 Å². The fourth-order valence-corrected chi connectivity index (χ4v) is 1.63. The lowest BCUT2D eigenvalue weighted by Gasteiger charge is -2.16. The average Bonchev–Trinajstić information content (AvgIpc) is 2.47. The minimum atomic E-state index is -0.535. The molecule has 0 bridgehead atoms. The van der Waals surface area contributed by atoms with Gasteiger partial charge in [0.1, 0.15) is 0 Å². The first-order chi connectivity index (χ1) is 8.70. The summed E-state index contributed by atoms with van der Waals surface area (Å²) in [6.07, 6.45) is 0. The van der Waals surface area contributed by atoms with Crippen molar-refractivity contribution in [2.24, 2.45) is 0 Å². The molecule has 0 aliphatic rings. The second-order valence-electron chi connectivity index (χ2n) is 3.89. The topological polar surface area (TPSA) is 37.4 Å². The van der Waals surface area contributed by atoms with Crippen molar-refractivity contribution in [1.82, 2.24) is 0 Å². The van der Waals surface area contributed by atoms with Crippen molar-refractivity contribution in [1.29, 1.82) is 0 Å². The van der Waals surface area contributed by atoms with Crippen LogP contribution in [0.5, 0.6) is 0 Å². The number of rotatable bonds is 3. The predicted molar refractivity (Wildman–Crippen MR) is 70.6 cm³/mol. The number of benzene rings is 2. The van der Waals surface area contributed by atoms with Crippen molar-refractivity contribution >= 4 is 17.4 Å². The molecule has 0 fully saturated rings.